The maximum Gasteiger partial charge on any atom is 0.139 e. The summed E-state index contributed by atoms with van der Waals surface area (Å²) in [5, 5.41) is 0. The van der Waals surface area contributed by atoms with E-state index in [-0.39, 0.29) is 5.92 Å². The number of fused-ring (bicyclic) bond motifs is 1. The number of carbonyl (C=O) groups is 1. The number of ketones is 1. The molecule has 0 saturated carbocycles. The Bertz CT molecular complexity index is 344. The van der Waals surface area contributed by atoms with Gasteiger partial charge in [-0.2, -0.15) is 0 Å². The summed E-state index contributed by atoms with van der Waals surface area (Å²) in [5.41, 5.74) is 1.16. The van der Waals surface area contributed by atoms with Crippen LogP contribution in [0.5, 0.6) is 5.75 Å². The first-order chi connectivity index (χ1) is 6.81. The standard InChI is InChI=1S/C12H14O2/c1-2-11(13)10-7-9-5-3-4-6-12(9)14-8-10/h3-6,10H,2,7-8H2,1H3. The van der Waals surface area contributed by atoms with Gasteiger partial charge in [0.05, 0.1) is 12.5 Å². The molecule has 1 aromatic rings. The van der Waals surface area contributed by atoms with Gasteiger partial charge in [0.25, 0.3) is 0 Å². The number of benzene rings is 1. The van der Waals surface area contributed by atoms with Gasteiger partial charge in [0.2, 0.25) is 0 Å². The molecule has 0 fully saturated rings. The molecule has 2 rings (SSSR count). The van der Waals surface area contributed by atoms with Gasteiger partial charge in [-0.1, -0.05) is 25.1 Å². The maximum atomic E-state index is 11.5. The van der Waals surface area contributed by atoms with Crippen molar-refractivity contribution in [2.75, 3.05) is 6.61 Å². The van der Waals surface area contributed by atoms with Crippen molar-refractivity contribution in [1.29, 1.82) is 0 Å². The molecule has 1 aliphatic heterocycles. The zero-order valence-electron chi connectivity index (χ0n) is 8.32. The van der Waals surface area contributed by atoms with Gasteiger partial charge < -0.3 is 4.74 Å². The van der Waals surface area contributed by atoms with Crippen LogP contribution in [0.1, 0.15) is 18.9 Å². The molecule has 14 heavy (non-hydrogen) atoms. The molecule has 1 unspecified atom stereocenters. The van der Waals surface area contributed by atoms with Crippen molar-refractivity contribution >= 4 is 5.78 Å². The van der Waals surface area contributed by atoms with Gasteiger partial charge in [0, 0.05) is 6.42 Å². The van der Waals surface area contributed by atoms with Crippen LogP contribution in [0.15, 0.2) is 24.3 Å². The molecule has 2 nitrogen and oxygen atoms in total. The highest BCUT2D eigenvalue weighted by molar-refractivity contribution is 5.81. The van der Waals surface area contributed by atoms with Gasteiger partial charge in [-0.25, -0.2) is 0 Å². The van der Waals surface area contributed by atoms with Crippen LogP contribution in [0.25, 0.3) is 0 Å². The minimum absolute atomic E-state index is 0.0647. The van der Waals surface area contributed by atoms with Crippen LogP contribution < -0.4 is 4.74 Å². The lowest BCUT2D eigenvalue weighted by atomic mass is 9.92. The predicted molar refractivity (Wildman–Crippen MR) is 54.4 cm³/mol. The summed E-state index contributed by atoms with van der Waals surface area (Å²) in [6.45, 7) is 2.45. The molecule has 2 heteroatoms. The highest BCUT2D eigenvalue weighted by atomic mass is 16.5. The van der Waals surface area contributed by atoms with Crippen molar-refractivity contribution in [3.05, 3.63) is 29.8 Å². The van der Waals surface area contributed by atoms with Crippen molar-refractivity contribution in [2.45, 2.75) is 19.8 Å². The zero-order valence-corrected chi connectivity index (χ0v) is 8.32. The highest BCUT2D eigenvalue weighted by Gasteiger charge is 2.23. The second-order valence-electron chi connectivity index (χ2n) is 3.64. The summed E-state index contributed by atoms with van der Waals surface area (Å²) in [7, 11) is 0. The lowest BCUT2D eigenvalue weighted by Gasteiger charge is -2.23. The molecule has 1 aliphatic rings. The summed E-state index contributed by atoms with van der Waals surface area (Å²) in [4.78, 5) is 11.5. The van der Waals surface area contributed by atoms with Crippen LogP contribution in [-0.2, 0) is 11.2 Å². The molecule has 0 saturated heterocycles. The number of ether oxygens (including phenoxy) is 1. The average Bonchev–Trinajstić information content (AvgIpc) is 2.27. The fraction of sp³-hybridized carbons (Fsp3) is 0.417. The molecule has 74 valence electrons. The van der Waals surface area contributed by atoms with E-state index in [1.165, 1.54) is 0 Å². The van der Waals surface area contributed by atoms with Gasteiger partial charge in [-0.3, -0.25) is 4.79 Å². The molecular weight excluding hydrogens is 176 g/mol. The van der Waals surface area contributed by atoms with Crippen LogP contribution in [0, 0.1) is 5.92 Å². The summed E-state index contributed by atoms with van der Waals surface area (Å²) in [5.74, 6) is 1.31. The molecule has 0 amide bonds. The Hall–Kier alpha value is -1.31. The Kier molecular flexibility index (Phi) is 2.53. The van der Waals surface area contributed by atoms with E-state index in [2.05, 4.69) is 0 Å². The van der Waals surface area contributed by atoms with E-state index in [1.807, 2.05) is 31.2 Å². The number of rotatable bonds is 2. The zero-order chi connectivity index (χ0) is 9.97. The first-order valence-electron chi connectivity index (χ1n) is 5.04. The molecule has 1 atom stereocenters. The Morgan fingerprint density at radius 3 is 3.07 bits per heavy atom. The van der Waals surface area contributed by atoms with Crippen LogP contribution in [0.4, 0.5) is 0 Å². The number of para-hydroxylation sites is 1. The maximum absolute atomic E-state index is 11.5. The predicted octanol–water partition coefficient (Wildman–Crippen LogP) is 2.22. The molecule has 0 radical (unpaired) electrons. The van der Waals surface area contributed by atoms with E-state index in [9.17, 15) is 4.79 Å². The summed E-state index contributed by atoms with van der Waals surface area (Å²) in [6.07, 6.45) is 1.44. The Labute approximate surface area is 83.9 Å². The third kappa shape index (κ3) is 1.65. The van der Waals surface area contributed by atoms with Gasteiger partial charge in [-0.05, 0) is 18.1 Å². The number of hydrogen-bond acceptors (Lipinski definition) is 2. The van der Waals surface area contributed by atoms with E-state index in [4.69, 9.17) is 4.74 Å². The van der Waals surface area contributed by atoms with Crippen molar-refractivity contribution in [2.24, 2.45) is 5.92 Å². The number of carbonyl (C=O) groups excluding carboxylic acids is 1. The fourth-order valence-electron chi connectivity index (χ4n) is 1.82. The van der Waals surface area contributed by atoms with Gasteiger partial charge in [0.15, 0.2) is 0 Å². The quantitative estimate of drug-likeness (QED) is 0.714. The third-order valence-electron chi connectivity index (χ3n) is 2.68. The van der Waals surface area contributed by atoms with Gasteiger partial charge >= 0.3 is 0 Å². The number of hydrogen-bond donors (Lipinski definition) is 0. The van der Waals surface area contributed by atoms with E-state index >= 15 is 0 Å². The smallest absolute Gasteiger partial charge is 0.139 e. The fourth-order valence-corrected chi connectivity index (χ4v) is 1.82. The first-order valence-corrected chi connectivity index (χ1v) is 5.04. The molecule has 0 spiro atoms. The molecule has 0 bridgehead atoms. The van der Waals surface area contributed by atoms with Crippen molar-refractivity contribution in [3.8, 4) is 5.75 Å². The van der Waals surface area contributed by atoms with Gasteiger partial charge in [-0.15, -0.1) is 0 Å². The normalized spacial score (nSPS) is 19.6. The molecule has 0 aromatic heterocycles. The Morgan fingerprint density at radius 2 is 2.29 bits per heavy atom. The Balaban J connectivity index is 2.17. The van der Waals surface area contributed by atoms with Crippen LogP contribution in [-0.4, -0.2) is 12.4 Å². The van der Waals surface area contributed by atoms with E-state index in [0.717, 1.165) is 17.7 Å². The van der Waals surface area contributed by atoms with Crippen molar-refractivity contribution in [3.63, 3.8) is 0 Å². The summed E-state index contributed by atoms with van der Waals surface area (Å²) >= 11 is 0. The average molecular weight is 190 g/mol. The Morgan fingerprint density at radius 1 is 1.50 bits per heavy atom. The largest absolute Gasteiger partial charge is 0.493 e. The van der Waals surface area contributed by atoms with Crippen molar-refractivity contribution in [1.82, 2.24) is 0 Å². The second-order valence-corrected chi connectivity index (χ2v) is 3.64. The minimum Gasteiger partial charge on any atom is -0.493 e. The van der Waals surface area contributed by atoms with E-state index < -0.39 is 0 Å². The monoisotopic (exact) mass is 190 g/mol. The summed E-state index contributed by atoms with van der Waals surface area (Å²) in [6, 6.07) is 7.94. The SMILES string of the molecule is CCC(=O)C1COc2ccccc2C1. The molecule has 1 heterocycles. The van der Waals surface area contributed by atoms with Crippen LogP contribution in [0.2, 0.25) is 0 Å². The molecule has 0 N–H and O–H groups in total. The molecule has 1 aromatic carbocycles. The lowest BCUT2D eigenvalue weighted by molar-refractivity contribution is -0.123. The molecular formula is C12H14O2. The topological polar surface area (TPSA) is 26.3 Å². The minimum atomic E-state index is 0.0647. The highest BCUT2D eigenvalue weighted by Crippen LogP contribution is 2.27. The van der Waals surface area contributed by atoms with Gasteiger partial charge in [0.1, 0.15) is 11.5 Å². The van der Waals surface area contributed by atoms with E-state index in [0.29, 0.717) is 18.8 Å². The van der Waals surface area contributed by atoms with Crippen molar-refractivity contribution < 1.29 is 9.53 Å². The number of Topliss-reactive ketones (excluding diaryl/α,β-unsaturated/α-hetero) is 1. The van der Waals surface area contributed by atoms with Crippen LogP contribution >= 0.6 is 0 Å². The summed E-state index contributed by atoms with van der Waals surface area (Å²) < 4.78 is 5.54. The van der Waals surface area contributed by atoms with Crippen LogP contribution in [0.3, 0.4) is 0 Å². The first kappa shape index (κ1) is 9.25. The second kappa shape index (κ2) is 3.82. The van der Waals surface area contributed by atoms with E-state index in [1.54, 1.807) is 0 Å². The lowest BCUT2D eigenvalue weighted by Crippen LogP contribution is -2.27. The molecule has 0 aliphatic carbocycles. The third-order valence-corrected chi connectivity index (χ3v) is 2.68.